The summed E-state index contributed by atoms with van der Waals surface area (Å²) >= 11 is 0. The van der Waals surface area contributed by atoms with Gasteiger partial charge in [0.25, 0.3) is 0 Å². The van der Waals surface area contributed by atoms with Crippen LogP contribution in [0.25, 0.3) is 0 Å². The summed E-state index contributed by atoms with van der Waals surface area (Å²) in [5.41, 5.74) is -0.525. The summed E-state index contributed by atoms with van der Waals surface area (Å²) in [5.74, 6) is -0.411. The standard InChI is InChI=1S/C11H23NO3/c1-7(2)12-9(8(3)13)10(14)15-11(4,5)6/h7-9,12-13H,1-6H3/t8-,9?/m1/s1. The van der Waals surface area contributed by atoms with Crippen molar-refractivity contribution in [2.24, 2.45) is 0 Å². The van der Waals surface area contributed by atoms with Crippen molar-refractivity contribution in [1.29, 1.82) is 0 Å². The SMILES string of the molecule is CC(C)NC(C(=O)OC(C)(C)C)[C@@H](C)O. The van der Waals surface area contributed by atoms with Gasteiger partial charge in [0.2, 0.25) is 0 Å². The van der Waals surface area contributed by atoms with E-state index < -0.39 is 23.7 Å². The zero-order valence-corrected chi connectivity index (χ0v) is 10.5. The Balaban J connectivity index is 4.43. The highest BCUT2D eigenvalue weighted by Gasteiger charge is 2.28. The van der Waals surface area contributed by atoms with Gasteiger partial charge in [-0.25, -0.2) is 0 Å². The first kappa shape index (κ1) is 14.4. The van der Waals surface area contributed by atoms with Crippen molar-refractivity contribution in [3.63, 3.8) is 0 Å². The fourth-order valence-corrected chi connectivity index (χ4v) is 1.13. The van der Waals surface area contributed by atoms with Crippen LogP contribution in [0.3, 0.4) is 0 Å². The van der Waals surface area contributed by atoms with E-state index in [1.807, 2.05) is 13.8 Å². The zero-order valence-electron chi connectivity index (χ0n) is 10.5. The summed E-state index contributed by atoms with van der Waals surface area (Å²) in [5, 5.41) is 12.4. The van der Waals surface area contributed by atoms with Crippen molar-refractivity contribution >= 4 is 5.97 Å². The van der Waals surface area contributed by atoms with Gasteiger partial charge in [0.1, 0.15) is 11.6 Å². The number of hydrogen-bond acceptors (Lipinski definition) is 4. The van der Waals surface area contributed by atoms with Gasteiger partial charge in [0.05, 0.1) is 6.10 Å². The van der Waals surface area contributed by atoms with E-state index in [0.717, 1.165) is 0 Å². The van der Waals surface area contributed by atoms with Crippen molar-refractivity contribution < 1.29 is 14.6 Å². The van der Waals surface area contributed by atoms with Crippen LogP contribution in [0.1, 0.15) is 41.5 Å². The van der Waals surface area contributed by atoms with E-state index in [1.54, 1.807) is 27.7 Å². The Morgan fingerprint density at radius 3 is 2.00 bits per heavy atom. The largest absolute Gasteiger partial charge is 0.459 e. The molecule has 2 N–H and O–H groups in total. The molecule has 0 heterocycles. The molecular weight excluding hydrogens is 194 g/mol. The average molecular weight is 217 g/mol. The van der Waals surface area contributed by atoms with E-state index in [2.05, 4.69) is 5.32 Å². The van der Waals surface area contributed by atoms with Gasteiger partial charge in [-0.15, -0.1) is 0 Å². The maximum atomic E-state index is 11.7. The highest BCUT2D eigenvalue weighted by molar-refractivity contribution is 5.76. The van der Waals surface area contributed by atoms with Crippen LogP contribution in [-0.4, -0.2) is 34.9 Å². The van der Waals surface area contributed by atoms with Crippen LogP contribution in [0.2, 0.25) is 0 Å². The van der Waals surface area contributed by atoms with Gasteiger partial charge in [-0.1, -0.05) is 13.8 Å². The van der Waals surface area contributed by atoms with Crippen LogP contribution in [-0.2, 0) is 9.53 Å². The fraction of sp³-hybridized carbons (Fsp3) is 0.909. The average Bonchev–Trinajstić information content (AvgIpc) is 1.95. The molecule has 0 aromatic carbocycles. The van der Waals surface area contributed by atoms with Gasteiger partial charge in [-0.05, 0) is 27.7 Å². The lowest BCUT2D eigenvalue weighted by Crippen LogP contribution is -2.50. The summed E-state index contributed by atoms with van der Waals surface area (Å²) in [6, 6.07) is -0.540. The lowest BCUT2D eigenvalue weighted by Gasteiger charge is -2.27. The number of rotatable bonds is 4. The van der Waals surface area contributed by atoms with Crippen molar-refractivity contribution in [3.8, 4) is 0 Å². The van der Waals surface area contributed by atoms with Crippen LogP contribution in [0.15, 0.2) is 0 Å². The van der Waals surface area contributed by atoms with E-state index >= 15 is 0 Å². The van der Waals surface area contributed by atoms with E-state index in [1.165, 1.54) is 0 Å². The first-order valence-corrected chi connectivity index (χ1v) is 5.30. The van der Waals surface area contributed by atoms with Gasteiger partial charge in [-0.3, -0.25) is 4.79 Å². The molecule has 0 aromatic heterocycles. The van der Waals surface area contributed by atoms with Crippen molar-refractivity contribution in [3.05, 3.63) is 0 Å². The molecule has 0 amide bonds. The van der Waals surface area contributed by atoms with Gasteiger partial charge in [0, 0.05) is 6.04 Å². The Bertz CT molecular complexity index is 206. The molecule has 4 nitrogen and oxygen atoms in total. The van der Waals surface area contributed by atoms with Gasteiger partial charge in [0.15, 0.2) is 0 Å². The Morgan fingerprint density at radius 1 is 1.27 bits per heavy atom. The Hall–Kier alpha value is -0.610. The molecule has 0 radical (unpaired) electrons. The molecule has 0 saturated carbocycles. The second kappa shape index (κ2) is 5.47. The molecule has 0 saturated heterocycles. The number of esters is 1. The molecule has 0 aromatic rings. The molecule has 0 aliphatic rings. The molecule has 90 valence electrons. The first-order chi connectivity index (χ1) is 6.63. The van der Waals surface area contributed by atoms with Crippen LogP contribution in [0.5, 0.6) is 0 Å². The third-order valence-electron chi connectivity index (χ3n) is 1.66. The number of aliphatic hydroxyl groups excluding tert-OH is 1. The minimum atomic E-state index is -0.762. The number of ether oxygens (including phenoxy) is 1. The second-order valence-corrected chi connectivity index (χ2v) is 5.07. The smallest absolute Gasteiger partial charge is 0.326 e. The molecular formula is C11H23NO3. The summed E-state index contributed by atoms with van der Waals surface area (Å²) in [4.78, 5) is 11.7. The Labute approximate surface area is 92.0 Å². The normalized spacial score (nSPS) is 16.3. The van der Waals surface area contributed by atoms with E-state index in [9.17, 15) is 9.90 Å². The minimum Gasteiger partial charge on any atom is -0.459 e. The quantitative estimate of drug-likeness (QED) is 0.692. The number of hydrogen-bond donors (Lipinski definition) is 2. The number of aliphatic hydroxyl groups is 1. The second-order valence-electron chi connectivity index (χ2n) is 5.07. The Kier molecular flexibility index (Phi) is 5.24. The maximum Gasteiger partial charge on any atom is 0.326 e. The van der Waals surface area contributed by atoms with E-state index in [-0.39, 0.29) is 6.04 Å². The van der Waals surface area contributed by atoms with Gasteiger partial charge < -0.3 is 15.2 Å². The topological polar surface area (TPSA) is 58.6 Å². The van der Waals surface area contributed by atoms with Crippen LogP contribution in [0, 0.1) is 0 Å². The van der Waals surface area contributed by atoms with Crippen LogP contribution in [0.4, 0.5) is 0 Å². The van der Waals surface area contributed by atoms with Crippen molar-refractivity contribution in [2.75, 3.05) is 0 Å². The van der Waals surface area contributed by atoms with Crippen LogP contribution < -0.4 is 5.32 Å². The molecule has 2 atom stereocenters. The summed E-state index contributed by atoms with van der Waals surface area (Å²) in [7, 11) is 0. The predicted octanol–water partition coefficient (Wildman–Crippen LogP) is 1.08. The molecule has 0 rings (SSSR count). The predicted molar refractivity (Wildman–Crippen MR) is 59.6 cm³/mol. The summed E-state index contributed by atoms with van der Waals surface area (Å²) in [6.07, 6.45) is -0.762. The molecule has 0 spiro atoms. The molecule has 4 heteroatoms. The van der Waals surface area contributed by atoms with Crippen molar-refractivity contribution in [1.82, 2.24) is 5.32 Å². The van der Waals surface area contributed by atoms with Crippen LogP contribution >= 0.6 is 0 Å². The molecule has 1 unspecified atom stereocenters. The highest BCUT2D eigenvalue weighted by Crippen LogP contribution is 2.10. The summed E-state index contributed by atoms with van der Waals surface area (Å²) in [6.45, 7) is 10.8. The summed E-state index contributed by atoms with van der Waals surface area (Å²) < 4.78 is 5.20. The lowest BCUT2D eigenvalue weighted by atomic mass is 10.1. The monoisotopic (exact) mass is 217 g/mol. The minimum absolute atomic E-state index is 0.122. The molecule has 0 bridgehead atoms. The fourth-order valence-electron chi connectivity index (χ4n) is 1.13. The number of carbonyl (C=O) groups is 1. The molecule has 15 heavy (non-hydrogen) atoms. The highest BCUT2D eigenvalue weighted by atomic mass is 16.6. The van der Waals surface area contributed by atoms with Crippen molar-refractivity contribution in [2.45, 2.75) is 65.3 Å². The van der Waals surface area contributed by atoms with Gasteiger partial charge >= 0.3 is 5.97 Å². The molecule has 0 aliphatic carbocycles. The van der Waals surface area contributed by atoms with E-state index in [4.69, 9.17) is 4.74 Å². The maximum absolute atomic E-state index is 11.7. The number of carbonyl (C=O) groups excluding carboxylic acids is 1. The van der Waals surface area contributed by atoms with Gasteiger partial charge in [-0.2, -0.15) is 0 Å². The Morgan fingerprint density at radius 2 is 1.73 bits per heavy atom. The lowest BCUT2D eigenvalue weighted by molar-refractivity contribution is -0.160. The zero-order chi connectivity index (χ0) is 12.2. The first-order valence-electron chi connectivity index (χ1n) is 5.30. The molecule has 0 aliphatic heterocycles. The van der Waals surface area contributed by atoms with E-state index in [0.29, 0.717) is 0 Å². The molecule has 0 fully saturated rings. The third-order valence-corrected chi connectivity index (χ3v) is 1.66. The third kappa shape index (κ3) is 6.47. The number of nitrogens with one attached hydrogen (secondary N) is 1.